The molecule has 3 aromatic carbocycles. The predicted octanol–water partition coefficient (Wildman–Crippen LogP) is 9.29. The molecule has 0 radical (unpaired) electrons. The van der Waals surface area contributed by atoms with Gasteiger partial charge in [-0.15, -0.1) is 23.1 Å². The Morgan fingerprint density at radius 3 is 2.26 bits per heavy atom. The molecule has 0 unspecified atom stereocenters. The van der Waals surface area contributed by atoms with Gasteiger partial charge >= 0.3 is 0 Å². The second-order valence-corrected chi connectivity index (χ2v) is 9.54. The summed E-state index contributed by atoms with van der Waals surface area (Å²) in [5.41, 5.74) is 4.93. The third-order valence-corrected chi connectivity index (χ3v) is 7.70. The maximum Gasteiger partial charge on any atom is 0.0342 e. The molecular weight excluding hydrogens is 412 g/mol. The Morgan fingerprint density at radius 1 is 0.903 bits per heavy atom. The van der Waals surface area contributed by atoms with Crippen LogP contribution in [0.25, 0.3) is 38.1 Å². The smallest absolute Gasteiger partial charge is 0.0342 e. The van der Waals surface area contributed by atoms with Crippen LogP contribution in [0, 0.1) is 13.8 Å². The molecule has 0 N–H and O–H groups in total. The highest BCUT2D eigenvalue weighted by Gasteiger charge is 2.10. The highest BCUT2D eigenvalue weighted by molar-refractivity contribution is 8.07. The Morgan fingerprint density at radius 2 is 1.58 bits per heavy atom. The first kappa shape index (κ1) is 21.4. The summed E-state index contributed by atoms with van der Waals surface area (Å²) in [5, 5.41) is 5.36. The third-order valence-electron chi connectivity index (χ3n) is 5.76. The number of benzene rings is 3. The number of hydrogen-bond acceptors (Lipinski definition) is 2. The van der Waals surface area contributed by atoms with E-state index in [9.17, 15) is 0 Å². The van der Waals surface area contributed by atoms with Crippen LogP contribution in [0.3, 0.4) is 0 Å². The van der Waals surface area contributed by atoms with Crippen molar-refractivity contribution in [2.75, 3.05) is 6.26 Å². The molecule has 2 heteroatoms. The Kier molecular flexibility index (Phi) is 6.31. The van der Waals surface area contributed by atoms with E-state index in [1.54, 1.807) is 29.2 Å². The van der Waals surface area contributed by atoms with Crippen molar-refractivity contribution in [1.82, 2.24) is 0 Å². The van der Waals surface area contributed by atoms with Crippen molar-refractivity contribution in [3.05, 3.63) is 112 Å². The van der Waals surface area contributed by atoms with Crippen molar-refractivity contribution in [2.45, 2.75) is 13.8 Å². The molecule has 4 rings (SSSR count). The Hall–Kier alpha value is -2.81. The van der Waals surface area contributed by atoms with Crippen LogP contribution in [0.5, 0.6) is 0 Å². The van der Waals surface area contributed by atoms with Crippen LogP contribution in [0.1, 0.15) is 26.4 Å². The van der Waals surface area contributed by atoms with Gasteiger partial charge in [-0.1, -0.05) is 61.7 Å². The van der Waals surface area contributed by atoms with Crippen LogP contribution in [-0.4, -0.2) is 6.26 Å². The van der Waals surface area contributed by atoms with Gasteiger partial charge < -0.3 is 0 Å². The van der Waals surface area contributed by atoms with Gasteiger partial charge in [-0.25, -0.2) is 0 Å². The molecule has 0 aliphatic rings. The summed E-state index contributed by atoms with van der Waals surface area (Å²) in [4.78, 5) is 3.64. The number of allylic oxidation sites excluding steroid dienone is 4. The second kappa shape index (κ2) is 9.13. The average molecular weight is 439 g/mol. The quantitative estimate of drug-likeness (QED) is 0.213. The second-order valence-electron chi connectivity index (χ2n) is 7.58. The fourth-order valence-corrected chi connectivity index (χ4v) is 5.45. The molecule has 0 saturated heterocycles. The van der Waals surface area contributed by atoms with Gasteiger partial charge in [-0.2, -0.15) is 0 Å². The molecule has 154 valence electrons. The number of aryl methyl sites for hydroxylation is 2. The lowest BCUT2D eigenvalue weighted by Gasteiger charge is -2.14. The largest absolute Gasteiger partial charge is 0.136 e. The summed E-state index contributed by atoms with van der Waals surface area (Å²) >= 11 is 3.51. The van der Waals surface area contributed by atoms with E-state index in [-0.39, 0.29) is 0 Å². The zero-order chi connectivity index (χ0) is 22.0. The zero-order valence-electron chi connectivity index (χ0n) is 18.2. The summed E-state index contributed by atoms with van der Waals surface area (Å²) in [6, 6.07) is 19.8. The zero-order valence-corrected chi connectivity index (χ0v) is 19.9. The van der Waals surface area contributed by atoms with Crippen LogP contribution in [0.15, 0.2) is 86.0 Å². The van der Waals surface area contributed by atoms with Crippen LogP contribution in [-0.2, 0) is 0 Å². The van der Waals surface area contributed by atoms with Gasteiger partial charge in [0.25, 0.3) is 0 Å². The van der Waals surface area contributed by atoms with Crippen LogP contribution in [0.4, 0.5) is 0 Å². The summed E-state index contributed by atoms with van der Waals surface area (Å²) in [5.74, 6) is 0. The Balaban J connectivity index is 1.71. The summed E-state index contributed by atoms with van der Waals surface area (Å²) in [7, 11) is 0. The van der Waals surface area contributed by atoms with Crippen molar-refractivity contribution in [2.24, 2.45) is 0 Å². The third kappa shape index (κ3) is 4.19. The molecule has 0 aliphatic heterocycles. The highest BCUT2D eigenvalue weighted by Crippen LogP contribution is 2.35. The molecule has 31 heavy (non-hydrogen) atoms. The minimum Gasteiger partial charge on any atom is -0.136 e. The number of rotatable bonds is 6. The first-order chi connectivity index (χ1) is 15.0. The number of fused-ring (bicyclic) bond motifs is 2. The molecular formula is C29H26S2. The lowest BCUT2D eigenvalue weighted by Crippen LogP contribution is -1.90. The van der Waals surface area contributed by atoms with Crippen molar-refractivity contribution < 1.29 is 0 Å². The van der Waals surface area contributed by atoms with Crippen LogP contribution < -0.4 is 0 Å². The predicted molar refractivity (Wildman–Crippen MR) is 145 cm³/mol. The van der Waals surface area contributed by atoms with Gasteiger partial charge in [-0.05, 0) is 94.3 Å². The highest BCUT2D eigenvalue weighted by atomic mass is 32.2. The lowest BCUT2D eigenvalue weighted by atomic mass is 9.92. The molecule has 0 bridgehead atoms. The van der Waals surface area contributed by atoms with Crippen LogP contribution >= 0.6 is 23.1 Å². The molecule has 0 atom stereocenters. The van der Waals surface area contributed by atoms with Gasteiger partial charge in [0.2, 0.25) is 0 Å². The molecule has 0 amide bonds. The first-order valence-corrected chi connectivity index (χ1v) is 12.3. The number of hydrogen-bond donors (Lipinski definition) is 0. The van der Waals surface area contributed by atoms with Crippen molar-refractivity contribution >= 4 is 61.2 Å². The van der Waals surface area contributed by atoms with Gasteiger partial charge in [0.05, 0.1) is 0 Å². The van der Waals surface area contributed by atoms with Crippen molar-refractivity contribution in [1.29, 1.82) is 0 Å². The van der Waals surface area contributed by atoms with E-state index in [4.69, 9.17) is 0 Å². The van der Waals surface area contributed by atoms with E-state index in [1.165, 1.54) is 48.0 Å². The minimum absolute atomic E-state index is 0.972. The van der Waals surface area contributed by atoms with E-state index in [2.05, 4.69) is 106 Å². The molecule has 1 heterocycles. The molecule has 0 spiro atoms. The average Bonchev–Trinajstić information content (AvgIpc) is 3.28. The molecule has 0 nitrogen and oxygen atoms in total. The fourth-order valence-electron chi connectivity index (χ4n) is 3.99. The van der Waals surface area contributed by atoms with E-state index in [1.807, 2.05) is 0 Å². The molecule has 0 saturated carbocycles. The number of thioether (sulfide) groups is 1. The maximum absolute atomic E-state index is 4.03. The Labute approximate surface area is 193 Å². The summed E-state index contributed by atoms with van der Waals surface area (Å²) in [6.45, 7) is 12.3. The molecule has 0 fully saturated rings. The van der Waals surface area contributed by atoms with Crippen molar-refractivity contribution in [3.63, 3.8) is 0 Å². The van der Waals surface area contributed by atoms with Gasteiger partial charge in [0.15, 0.2) is 0 Å². The minimum atomic E-state index is 0.972. The topological polar surface area (TPSA) is 0 Å². The normalized spacial score (nSPS) is 12.2. The molecule has 1 aromatic heterocycles. The molecule has 0 aliphatic carbocycles. The molecule has 4 aromatic rings. The monoisotopic (exact) mass is 438 g/mol. The summed E-state index contributed by atoms with van der Waals surface area (Å²) < 4.78 is 0. The lowest BCUT2D eigenvalue weighted by molar-refractivity contribution is 1.52. The van der Waals surface area contributed by atoms with Gasteiger partial charge in [-0.3, -0.25) is 0 Å². The SMILES string of the molecule is C=CC(=C)c1ccc(/C=C/C=C(\SC)c2ccc3c(C)c4ccccc4c(C)c3c2)s1. The van der Waals surface area contributed by atoms with Crippen LogP contribution in [0.2, 0.25) is 0 Å². The maximum atomic E-state index is 4.03. The fraction of sp³-hybridized carbons (Fsp3) is 0.103. The van der Waals surface area contributed by atoms with E-state index < -0.39 is 0 Å². The number of thiophene rings is 1. The van der Waals surface area contributed by atoms with Gasteiger partial charge in [0, 0.05) is 14.7 Å². The van der Waals surface area contributed by atoms with E-state index in [0.29, 0.717) is 0 Å². The van der Waals surface area contributed by atoms with E-state index >= 15 is 0 Å². The summed E-state index contributed by atoms with van der Waals surface area (Å²) in [6.07, 6.45) is 10.4. The standard InChI is InChI=1S/C29H26S2/c1-6-19(2)28-17-15-23(31-28)10-9-13-29(30-5)22-14-16-26-20(3)24-11-7-8-12-25(24)21(4)27(26)18-22/h6-18H,1-2H2,3-5H3/b10-9+,29-13-. The van der Waals surface area contributed by atoms with E-state index in [0.717, 1.165) is 10.5 Å². The first-order valence-electron chi connectivity index (χ1n) is 10.3. The van der Waals surface area contributed by atoms with Gasteiger partial charge in [0.1, 0.15) is 0 Å². The Bertz CT molecular complexity index is 1360. The van der Waals surface area contributed by atoms with Crippen molar-refractivity contribution in [3.8, 4) is 0 Å².